The second kappa shape index (κ2) is 5.92. The van der Waals surface area contributed by atoms with Crippen LogP contribution in [-0.4, -0.2) is 13.6 Å². The van der Waals surface area contributed by atoms with Gasteiger partial charge in [0.15, 0.2) is 0 Å². The number of halogens is 1. The van der Waals surface area contributed by atoms with Gasteiger partial charge in [0.05, 0.1) is 10.5 Å². The molecular formula is C16H13BrN2O3S. The molecule has 0 saturated carbocycles. The maximum absolute atomic E-state index is 11.9. The molecule has 0 radical (unpaired) electrons. The molecule has 0 atom stereocenters. The van der Waals surface area contributed by atoms with Gasteiger partial charge in [-0.25, -0.2) is 13.6 Å². The summed E-state index contributed by atoms with van der Waals surface area (Å²) in [7, 11) is -3.86. The summed E-state index contributed by atoms with van der Waals surface area (Å²) in [4.78, 5) is 0.0460. The van der Waals surface area contributed by atoms with Crippen molar-refractivity contribution in [3.05, 3.63) is 58.8 Å². The summed E-state index contributed by atoms with van der Waals surface area (Å²) in [5.74, 6) is 0.527. The Labute approximate surface area is 142 Å². The van der Waals surface area contributed by atoms with Crippen molar-refractivity contribution >= 4 is 26.0 Å². The average Bonchev–Trinajstić information content (AvgIpc) is 2.89. The topological polar surface area (TPSA) is 86.2 Å². The van der Waals surface area contributed by atoms with Crippen molar-refractivity contribution in [1.82, 2.24) is 5.16 Å². The van der Waals surface area contributed by atoms with Crippen LogP contribution in [0.15, 0.2) is 62.4 Å². The molecule has 0 aliphatic heterocycles. The van der Waals surface area contributed by atoms with Crippen molar-refractivity contribution < 1.29 is 12.9 Å². The molecule has 0 aliphatic rings. The molecule has 1 aromatic heterocycles. The van der Waals surface area contributed by atoms with Crippen molar-refractivity contribution in [3.8, 4) is 22.4 Å². The molecule has 0 fully saturated rings. The highest BCUT2D eigenvalue weighted by atomic mass is 79.9. The first-order valence-electron chi connectivity index (χ1n) is 6.72. The molecule has 7 heteroatoms. The molecule has 0 bridgehead atoms. The van der Waals surface area contributed by atoms with Crippen molar-refractivity contribution in [1.29, 1.82) is 0 Å². The summed E-state index contributed by atoms with van der Waals surface area (Å²) in [6, 6.07) is 14.1. The lowest BCUT2D eigenvalue weighted by Gasteiger charge is -2.08. The normalized spacial score (nSPS) is 11.6. The van der Waals surface area contributed by atoms with Crippen LogP contribution in [0.5, 0.6) is 0 Å². The maximum atomic E-state index is 11.9. The van der Waals surface area contributed by atoms with Crippen LogP contribution < -0.4 is 5.14 Å². The van der Waals surface area contributed by atoms with Gasteiger partial charge in [0.25, 0.3) is 0 Å². The Morgan fingerprint density at radius 1 is 1.09 bits per heavy atom. The number of hydrogen-bond acceptors (Lipinski definition) is 4. The lowest BCUT2D eigenvalue weighted by molar-refractivity contribution is 0.400. The van der Waals surface area contributed by atoms with E-state index in [-0.39, 0.29) is 4.90 Å². The number of nitrogens with two attached hydrogens (primary N) is 1. The quantitative estimate of drug-likeness (QED) is 0.735. The summed E-state index contributed by atoms with van der Waals surface area (Å²) in [6.45, 7) is 1.74. The molecule has 2 aromatic carbocycles. The summed E-state index contributed by atoms with van der Waals surface area (Å²) >= 11 is 3.38. The summed E-state index contributed by atoms with van der Waals surface area (Å²) in [6.07, 6.45) is 0. The van der Waals surface area contributed by atoms with Gasteiger partial charge in [-0.3, -0.25) is 0 Å². The van der Waals surface area contributed by atoms with Crippen molar-refractivity contribution in [2.75, 3.05) is 0 Å². The predicted octanol–water partition coefficient (Wildman–Crippen LogP) is 3.73. The molecule has 3 rings (SSSR count). The number of nitrogens with zero attached hydrogens (tertiary/aromatic N) is 1. The third-order valence-electron chi connectivity index (χ3n) is 3.44. The van der Waals surface area contributed by atoms with Gasteiger partial charge in [-0.2, -0.15) is 0 Å². The summed E-state index contributed by atoms with van der Waals surface area (Å²) in [5, 5.41) is 9.43. The van der Waals surface area contributed by atoms with E-state index in [9.17, 15) is 8.42 Å². The Hall–Kier alpha value is -1.96. The second-order valence-electron chi connectivity index (χ2n) is 5.01. The molecule has 0 amide bonds. The second-order valence-corrected chi connectivity index (χ2v) is 7.46. The number of sulfonamides is 1. The minimum absolute atomic E-state index is 0.0460. The van der Waals surface area contributed by atoms with Crippen LogP contribution in [0.25, 0.3) is 22.4 Å². The summed E-state index contributed by atoms with van der Waals surface area (Å²) in [5.41, 5.74) is 2.50. The van der Waals surface area contributed by atoms with Crippen LogP contribution in [0.2, 0.25) is 0 Å². The zero-order chi connectivity index (χ0) is 16.6. The molecule has 118 valence electrons. The number of rotatable bonds is 3. The smallest absolute Gasteiger partial charge is 0.238 e. The number of aromatic nitrogens is 1. The Bertz CT molecular complexity index is 963. The maximum Gasteiger partial charge on any atom is 0.238 e. The fraction of sp³-hybridized carbons (Fsp3) is 0.0625. The number of benzene rings is 2. The SMILES string of the molecule is Cc1onc(-c2ccc(Br)cc2)c1-c1ccccc1S(N)(=O)=O. The van der Waals surface area contributed by atoms with Crippen LogP contribution in [-0.2, 0) is 10.0 Å². The number of aryl methyl sites for hydroxylation is 1. The van der Waals surface area contributed by atoms with Crippen LogP contribution >= 0.6 is 15.9 Å². The van der Waals surface area contributed by atoms with E-state index in [4.69, 9.17) is 9.66 Å². The molecule has 3 aromatic rings. The molecule has 0 spiro atoms. The first kappa shape index (κ1) is 15.9. The van der Waals surface area contributed by atoms with Gasteiger partial charge in [-0.15, -0.1) is 0 Å². The number of primary sulfonamides is 1. The van der Waals surface area contributed by atoms with Crippen molar-refractivity contribution in [2.45, 2.75) is 11.8 Å². The van der Waals surface area contributed by atoms with Crippen LogP contribution in [0.1, 0.15) is 5.76 Å². The van der Waals surface area contributed by atoms with Crippen molar-refractivity contribution in [3.63, 3.8) is 0 Å². The van der Waals surface area contributed by atoms with Gasteiger partial charge in [-0.1, -0.05) is 51.4 Å². The van der Waals surface area contributed by atoms with Gasteiger partial charge in [0, 0.05) is 15.6 Å². The molecule has 0 saturated heterocycles. The summed E-state index contributed by atoms with van der Waals surface area (Å²) < 4.78 is 30.0. The fourth-order valence-electron chi connectivity index (χ4n) is 2.42. The predicted molar refractivity (Wildman–Crippen MR) is 91.2 cm³/mol. The first-order chi connectivity index (χ1) is 10.9. The Morgan fingerprint density at radius 3 is 2.39 bits per heavy atom. The van der Waals surface area contributed by atoms with E-state index >= 15 is 0 Å². The highest BCUT2D eigenvalue weighted by Gasteiger charge is 2.22. The van der Waals surface area contributed by atoms with Crippen molar-refractivity contribution in [2.24, 2.45) is 5.14 Å². The van der Waals surface area contributed by atoms with Gasteiger partial charge in [0.2, 0.25) is 10.0 Å². The van der Waals surface area contributed by atoms with Gasteiger partial charge in [-0.05, 0) is 25.1 Å². The zero-order valence-electron chi connectivity index (χ0n) is 12.2. The Morgan fingerprint density at radius 2 is 1.74 bits per heavy atom. The first-order valence-corrected chi connectivity index (χ1v) is 9.06. The van der Waals surface area contributed by atoms with E-state index in [1.165, 1.54) is 6.07 Å². The van der Waals surface area contributed by atoms with E-state index in [0.717, 1.165) is 10.0 Å². The van der Waals surface area contributed by atoms with Crippen LogP contribution in [0.3, 0.4) is 0 Å². The average molecular weight is 393 g/mol. The molecule has 0 aliphatic carbocycles. The Kier molecular flexibility index (Phi) is 4.09. The lowest BCUT2D eigenvalue weighted by Crippen LogP contribution is -2.13. The molecule has 0 unspecified atom stereocenters. The van der Waals surface area contributed by atoms with Crippen LogP contribution in [0.4, 0.5) is 0 Å². The third kappa shape index (κ3) is 3.08. The highest BCUT2D eigenvalue weighted by molar-refractivity contribution is 9.10. The Balaban J connectivity index is 2.27. The van der Waals surface area contributed by atoms with Gasteiger partial charge in [0.1, 0.15) is 11.5 Å². The van der Waals surface area contributed by atoms with E-state index in [1.807, 2.05) is 24.3 Å². The minimum Gasteiger partial charge on any atom is -0.360 e. The fourth-order valence-corrected chi connectivity index (χ4v) is 3.42. The lowest BCUT2D eigenvalue weighted by atomic mass is 9.99. The minimum atomic E-state index is -3.86. The molecule has 5 nitrogen and oxygen atoms in total. The van der Waals surface area contributed by atoms with E-state index < -0.39 is 10.0 Å². The van der Waals surface area contributed by atoms with Gasteiger partial charge < -0.3 is 4.52 Å². The van der Waals surface area contributed by atoms with Crippen LogP contribution in [0, 0.1) is 6.92 Å². The molecule has 23 heavy (non-hydrogen) atoms. The molecular weight excluding hydrogens is 380 g/mol. The van der Waals surface area contributed by atoms with Gasteiger partial charge >= 0.3 is 0 Å². The van der Waals surface area contributed by atoms with E-state index in [0.29, 0.717) is 22.6 Å². The van der Waals surface area contributed by atoms with E-state index in [2.05, 4.69) is 21.1 Å². The highest BCUT2D eigenvalue weighted by Crippen LogP contribution is 2.37. The zero-order valence-corrected chi connectivity index (χ0v) is 14.6. The largest absolute Gasteiger partial charge is 0.360 e. The molecule has 2 N–H and O–H groups in total. The van der Waals surface area contributed by atoms with E-state index in [1.54, 1.807) is 25.1 Å². The monoisotopic (exact) mass is 392 g/mol. The third-order valence-corrected chi connectivity index (χ3v) is 4.94. The molecule has 1 heterocycles. The number of hydrogen-bond donors (Lipinski definition) is 1. The standard InChI is InChI=1S/C16H13BrN2O3S/c1-10-15(13-4-2-3-5-14(13)23(18,20)21)16(19-22-10)11-6-8-12(17)9-7-11/h2-9H,1H3,(H2,18,20,21).